The molecule has 0 unspecified atom stereocenters. The number of carbonyl (C=O) groups is 2. The number of rotatable bonds is 1. The number of carbonyl (C=O) groups excluding carboxylic acids is 2. The Bertz CT molecular complexity index is 774. The van der Waals surface area contributed by atoms with Crippen LogP contribution in [0.3, 0.4) is 0 Å². The number of nitrogens with one attached hydrogen (secondary N) is 1. The first kappa shape index (κ1) is 15.9. The Morgan fingerprint density at radius 1 is 1.17 bits per heavy atom. The Morgan fingerprint density at radius 2 is 2.00 bits per heavy atom. The Hall–Kier alpha value is -3.02. The lowest BCUT2D eigenvalue weighted by Crippen LogP contribution is -2.36. The topological polar surface area (TPSA) is 81.2 Å². The van der Waals surface area contributed by atoms with Crippen molar-refractivity contribution >= 4 is 12.2 Å². The number of fused-ring (bicyclic) bond motifs is 4. The molecule has 0 fully saturated rings. The van der Waals surface area contributed by atoms with Gasteiger partial charge in [0.1, 0.15) is 6.29 Å². The number of hydrogen-bond donors (Lipinski definition) is 1. The molecular weight excluding hydrogens is 306 g/mol. The van der Waals surface area contributed by atoms with E-state index < -0.39 is 6.04 Å². The number of benzene rings is 1. The van der Waals surface area contributed by atoms with Crippen LogP contribution in [0.25, 0.3) is 11.4 Å². The lowest BCUT2D eigenvalue weighted by Gasteiger charge is -2.14. The second kappa shape index (κ2) is 7.50. The van der Waals surface area contributed by atoms with Crippen molar-refractivity contribution in [3.63, 3.8) is 0 Å². The van der Waals surface area contributed by atoms with Crippen molar-refractivity contribution in [2.24, 2.45) is 0 Å². The highest BCUT2D eigenvalue weighted by Crippen LogP contribution is 2.22. The zero-order valence-electron chi connectivity index (χ0n) is 13.0. The monoisotopic (exact) mass is 323 g/mol. The molecule has 2 heterocycles. The summed E-state index contributed by atoms with van der Waals surface area (Å²) in [6, 6.07) is 8.15. The third kappa shape index (κ3) is 3.65. The van der Waals surface area contributed by atoms with Crippen molar-refractivity contribution in [1.29, 1.82) is 0 Å². The maximum absolute atomic E-state index is 12.6. The molecule has 2 bridgehead atoms. The van der Waals surface area contributed by atoms with Gasteiger partial charge in [-0.2, -0.15) is 4.98 Å². The van der Waals surface area contributed by atoms with Crippen LogP contribution in [-0.4, -0.2) is 34.8 Å². The van der Waals surface area contributed by atoms with Crippen LogP contribution in [0.1, 0.15) is 23.2 Å². The Balaban J connectivity index is 2.03. The average Bonchev–Trinajstić information content (AvgIpc) is 2.63. The normalized spacial score (nSPS) is 19.2. The van der Waals surface area contributed by atoms with E-state index in [4.69, 9.17) is 4.74 Å². The van der Waals surface area contributed by atoms with Gasteiger partial charge < -0.3 is 14.8 Å². The van der Waals surface area contributed by atoms with Gasteiger partial charge >= 0.3 is 0 Å². The Labute approximate surface area is 139 Å². The smallest absolute Gasteiger partial charge is 0.252 e. The largest absolute Gasteiger partial charge is 0.477 e. The molecule has 1 amide bonds. The van der Waals surface area contributed by atoms with Gasteiger partial charge in [-0.25, -0.2) is 4.98 Å². The highest BCUT2D eigenvalue weighted by Gasteiger charge is 2.17. The highest BCUT2D eigenvalue weighted by molar-refractivity contribution is 6.01. The predicted molar refractivity (Wildman–Crippen MR) is 88.7 cm³/mol. The summed E-state index contributed by atoms with van der Waals surface area (Å²) in [5.41, 5.74) is 1.01. The van der Waals surface area contributed by atoms with Crippen LogP contribution in [0.15, 0.2) is 48.7 Å². The molecule has 0 radical (unpaired) electrons. The SMILES string of the molecule is O=C[C@@H]1C/C=C\CCOc2ccnc(n2)-c2ccccc2C(=O)N1. The van der Waals surface area contributed by atoms with Gasteiger partial charge in [-0.15, -0.1) is 0 Å². The lowest BCUT2D eigenvalue weighted by atomic mass is 10.1. The van der Waals surface area contributed by atoms with Gasteiger partial charge in [0.15, 0.2) is 5.82 Å². The summed E-state index contributed by atoms with van der Waals surface area (Å²) in [7, 11) is 0. The molecule has 0 saturated heterocycles. The summed E-state index contributed by atoms with van der Waals surface area (Å²) in [5.74, 6) is 0.544. The molecule has 1 aliphatic heterocycles. The summed E-state index contributed by atoms with van der Waals surface area (Å²) >= 11 is 0. The van der Waals surface area contributed by atoms with E-state index in [0.29, 0.717) is 42.3 Å². The third-order valence-electron chi connectivity index (χ3n) is 3.61. The second-order valence-corrected chi connectivity index (χ2v) is 5.32. The predicted octanol–water partition coefficient (Wildman–Crippen LogP) is 2.17. The summed E-state index contributed by atoms with van der Waals surface area (Å²) in [4.78, 5) is 32.4. The number of hydrogen-bond acceptors (Lipinski definition) is 5. The molecule has 2 aromatic rings. The maximum atomic E-state index is 12.6. The van der Waals surface area contributed by atoms with Crippen molar-refractivity contribution < 1.29 is 14.3 Å². The van der Waals surface area contributed by atoms with E-state index in [1.165, 1.54) is 0 Å². The second-order valence-electron chi connectivity index (χ2n) is 5.32. The summed E-state index contributed by atoms with van der Waals surface area (Å²) in [6.45, 7) is 0.479. The van der Waals surface area contributed by atoms with Gasteiger partial charge in [0.2, 0.25) is 5.88 Å². The van der Waals surface area contributed by atoms with Gasteiger partial charge in [-0.05, 0) is 18.9 Å². The summed E-state index contributed by atoms with van der Waals surface area (Å²) in [6.07, 6.45) is 7.26. The van der Waals surface area contributed by atoms with E-state index in [-0.39, 0.29) is 5.91 Å². The van der Waals surface area contributed by atoms with Gasteiger partial charge in [0.25, 0.3) is 5.91 Å². The number of ether oxygens (including phenoxy) is 1. The molecule has 0 spiro atoms. The van der Waals surface area contributed by atoms with Crippen LogP contribution in [0.4, 0.5) is 0 Å². The minimum absolute atomic E-state index is 0.330. The van der Waals surface area contributed by atoms with E-state index in [1.54, 1.807) is 30.5 Å². The van der Waals surface area contributed by atoms with Crippen molar-refractivity contribution in [2.45, 2.75) is 18.9 Å². The standard InChI is InChI=1S/C18H17N3O3/c22-12-13-6-2-1-5-11-24-16-9-10-19-17(21-16)14-7-3-4-8-15(14)18(23)20-13/h1-4,7-10,12-13H,5-6,11H2,(H,20,23)/b2-1-/t13-/m0/s1. The molecule has 1 aromatic carbocycles. The fourth-order valence-corrected chi connectivity index (χ4v) is 2.42. The molecule has 0 aliphatic carbocycles. The third-order valence-corrected chi connectivity index (χ3v) is 3.61. The van der Waals surface area contributed by atoms with E-state index in [9.17, 15) is 9.59 Å². The van der Waals surface area contributed by atoms with Crippen LogP contribution in [0, 0.1) is 0 Å². The molecule has 122 valence electrons. The van der Waals surface area contributed by atoms with E-state index in [1.807, 2.05) is 18.2 Å². The Kier molecular flexibility index (Phi) is 4.96. The molecule has 1 N–H and O–H groups in total. The van der Waals surface area contributed by atoms with E-state index in [2.05, 4.69) is 15.3 Å². The molecule has 6 nitrogen and oxygen atoms in total. The van der Waals surface area contributed by atoms with Crippen LogP contribution in [-0.2, 0) is 4.79 Å². The van der Waals surface area contributed by atoms with Crippen LogP contribution in [0.2, 0.25) is 0 Å². The maximum Gasteiger partial charge on any atom is 0.252 e. The Morgan fingerprint density at radius 3 is 2.83 bits per heavy atom. The van der Waals surface area contributed by atoms with Gasteiger partial charge in [-0.3, -0.25) is 4.79 Å². The zero-order valence-corrected chi connectivity index (χ0v) is 13.0. The number of nitrogens with zero attached hydrogens (tertiary/aromatic N) is 2. The molecular formula is C18H17N3O3. The molecule has 1 aliphatic rings. The molecule has 24 heavy (non-hydrogen) atoms. The fraction of sp³-hybridized carbons (Fsp3) is 0.222. The van der Waals surface area contributed by atoms with Crippen molar-refractivity contribution in [3.05, 3.63) is 54.2 Å². The van der Waals surface area contributed by atoms with Crippen molar-refractivity contribution in [2.75, 3.05) is 6.61 Å². The first-order chi connectivity index (χ1) is 11.8. The highest BCUT2D eigenvalue weighted by atomic mass is 16.5. The quantitative estimate of drug-likeness (QED) is 0.642. The van der Waals surface area contributed by atoms with E-state index >= 15 is 0 Å². The first-order valence-electron chi connectivity index (χ1n) is 7.74. The number of aldehydes is 1. The van der Waals surface area contributed by atoms with Crippen LogP contribution < -0.4 is 10.1 Å². The molecule has 3 rings (SSSR count). The minimum atomic E-state index is -0.571. The van der Waals surface area contributed by atoms with Gasteiger partial charge in [0.05, 0.1) is 18.2 Å². The number of aromatic nitrogens is 2. The zero-order chi connectivity index (χ0) is 16.8. The molecule has 6 heteroatoms. The average molecular weight is 323 g/mol. The molecule has 0 saturated carbocycles. The van der Waals surface area contributed by atoms with Crippen LogP contribution in [0.5, 0.6) is 5.88 Å². The first-order valence-corrected chi connectivity index (χ1v) is 7.74. The fourth-order valence-electron chi connectivity index (χ4n) is 2.42. The molecule has 1 atom stereocenters. The van der Waals surface area contributed by atoms with Crippen LogP contribution >= 0.6 is 0 Å². The minimum Gasteiger partial charge on any atom is -0.477 e. The summed E-state index contributed by atoms with van der Waals surface area (Å²) < 4.78 is 5.61. The van der Waals surface area contributed by atoms with E-state index in [0.717, 1.165) is 6.29 Å². The lowest BCUT2D eigenvalue weighted by molar-refractivity contribution is -0.109. The summed E-state index contributed by atoms with van der Waals surface area (Å²) in [5, 5.41) is 2.74. The van der Waals surface area contributed by atoms with Gasteiger partial charge in [-0.1, -0.05) is 30.4 Å². The van der Waals surface area contributed by atoms with Crippen molar-refractivity contribution in [3.8, 4) is 17.3 Å². The number of amides is 1. The van der Waals surface area contributed by atoms with Gasteiger partial charge in [0, 0.05) is 17.8 Å². The van der Waals surface area contributed by atoms with Crippen molar-refractivity contribution in [1.82, 2.24) is 15.3 Å². The molecule has 1 aromatic heterocycles.